The van der Waals surface area contributed by atoms with Crippen LogP contribution >= 0.6 is 0 Å². The summed E-state index contributed by atoms with van der Waals surface area (Å²) in [7, 11) is 2.13. The molecule has 2 aromatic rings. The standard InChI is InChI=1S/C24H30N3O/c1-4-6-12-23-25-24(13-7-5-2)27(3,26-23)21-16-14-19(15-17-21)22-11-9-8-10-20(22)18-28/h8-11,14-18H,4-7,12-13H2,1-3H3/q+1. The zero-order valence-corrected chi connectivity index (χ0v) is 17.2. The van der Waals surface area contributed by atoms with Crippen LogP contribution in [0, 0.1) is 0 Å². The molecule has 0 aliphatic carbocycles. The minimum Gasteiger partial charge on any atom is -0.298 e. The van der Waals surface area contributed by atoms with Gasteiger partial charge in [0, 0.05) is 30.5 Å². The Labute approximate surface area is 168 Å². The van der Waals surface area contributed by atoms with Crippen LogP contribution in [0.15, 0.2) is 58.6 Å². The molecule has 0 saturated carbocycles. The molecular formula is C24H30N3O+. The van der Waals surface area contributed by atoms with Crippen molar-refractivity contribution in [1.29, 1.82) is 0 Å². The average molecular weight is 377 g/mol. The highest BCUT2D eigenvalue weighted by Gasteiger charge is 2.38. The van der Waals surface area contributed by atoms with Crippen molar-refractivity contribution >= 4 is 23.6 Å². The summed E-state index contributed by atoms with van der Waals surface area (Å²) >= 11 is 0. The number of hydrogen-bond donors (Lipinski definition) is 0. The number of aliphatic imine (C=N–C) groups is 1. The second-order valence-corrected chi connectivity index (χ2v) is 7.46. The highest BCUT2D eigenvalue weighted by atomic mass is 16.1. The number of nitrogens with zero attached hydrogens (tertiary/aromatic N) is 3. The van der Waals surface area contributed by atoms with Gasteiger partial charge in [0.1, 0.15) is 7.05 Å². The fourth-order valence-electron chi connectivity index (χ4n) is 3.61. The van der Waals surface area contributed by atoms with Gasteiger partial charge < -0.3 is 0 Å². The number of quaternary nitrogens is 1. The summed E-state index contributed by atoms with van der Waals surface area (Å²) in [6.45, 7) is 4.40. The summed E-state index contributed by atoms with van der Waals surface area (Å²) in [5.74, 6) is 2.08. The highest BCUT2D eigenvalue weighted by molar-refractivity contribution is 6.07. The van der Waals surface area contributed by atoms with E-state index in [1.54, 1.807) is 0 Å². The molecule has 3 rings (SSSR count). The van der Waals surface area contributed by atoms with Gasteiger partial charge in [0.25, 0.3) is 0 Å². The lowest BCUT2D eigenvalue weighted by molar-refractivity contribution is 0.112. The smallest absolute Gasteiger partial charge is 0.236 e. The molecule has 1 atom stereocenters. The van der Waals surface area contributed by atoms with E-state index >= 15 is 0 Å². The molecule has 0 saturated heterocycles. The van der Waals surface area contributed by atoms with E-state index in [-0.39, 0.29) is 0 Å². The lowest BCUT2D eigenvalue weighted by Gasteiger charge is -2.24. The first-order chi connectivity index (χ1) is 13.6. The van der Waals surface area contributed by atoms with Crippen molar-refractivity contribution in [3.05, 3.63) is 54.1 Å². The first kappa shape index (κ1) is 20.2. The Balaban J connectivity index is 1.93. The molecule has 0 bridgehead atoms. The summed E-state index contributed by atoms with van der Waals surface area (Å²) < 4.78 is 0.411. The van der Waals surface area contributed by atoms with Crippen LogP contribution in [-0.2, 0) is 0 Å². The largest absolute Gasteiger partial charge is 0.298 e. The molecule has 146 valence electrons. The summed E-state index contributed by atoms with van der Waals surface area (Å²) in [6.07, 6.45) is 7.33. The molecular weight excluding hydrogens is 346 g/mol. The van der Waals surface area contributed by atoms with Crippen molar-refractivity contribution in [3.63, 3.8) is 0 Å². The average Bonchev–Trinajstić information content (AvgIpc) is 3.07. The van der Waals surface area contributed by atoms with Gasteiger partial charge in [-0.1, -0.05) is 56.1 Å². The molecule has 1 aliphatic heterocycles. The van der Waals surface area contributed by atoms with Crippen molar-refractivity contribution in [2.45, 2.75) is 52.4 Å². The molecule has 28 heavy (non-hydrogen) atoms. The van der Waals surface area contributed by atoms with Gasteiger partial charge in [-0.25, -0.2) is 0 Å². The second kappa shape index (κ2) is 9.07. The third-order valence-corrected chi connectivity index (χ3v) is 5.35. The maximum Gasteiger partial charge on any atom is 0.236 e. The van der Waals surface area contributed by atoms with Gasteiger partial charge in [0.05, 0.1) is 0 Å². The molecule has 0 fully saturated rings. The minimum atomic E-state index is 0.411. The second-order valence-electron chi connectivity index (χ2n) is 7.46. The van der Waals surface area contributed by atoms with Gasteiger partial charge in [0.2, 0.25) is 5.84 Å². The minimum absolute atomic E-state index is 0.411. The first-order valence-electron chi connectivity index (χ1n) is 10.3. The Kier molecular flexibility index (Phi) is 6.53. The van der Waals surface area contributed by atoms with Crippen LogP contribution in [0.3, 0.4) is 0 Å². The van der Waals surface area contributed by atoms with Crippen molar-refractivity contribution in [2.75, 3.05) is 7.05 Å². The number of carbonyl (C=O) groups is 1. The number of aldehydes is 1. The van der Waals surface area contributed by atoms with E-state index in [9.17, 15) is 4.79 Å². The molecule has 1 unspecified atom stereocenters. The Morgan fingerprint density at radius 2 is 1.61 bits per heavy atom. The Bertz CT molecular complexity index is 883. The fraction of sp³-hybridized carbons (Fsp3) is 0.375. The van der Waals surface area contributed by atoms with Gasteiger partial charge in [-0.05, 0) is 36.1 Å². The van der Waals surface area contributed by atoms with E-state index in [2.05, 4.69) is 45.2 Å². The Hall–Kier alpha value is -2.59. The predicted octanol–water partition coefficient (Wildman–Crippen LogP) is 6.21. The maximum atomic E-state index is 11.4. The third kappa shape index (κ3) is 4.12. The van der Waals surface area contributed by atoms with E-state index in [1.807, 2.05) is 24.3 Å². The van der Waals surface area contributed by atoms with Crippen LogP contribution in [0.2, 0.25) is 0 Å². The Morgan fingerprint density at radius 3 is 2.29 bits per heavy atom. The normalized spacial score (nSPS) is 18.7. The van der Waals surface area contributed by atoms with Crippen molar-refractivity contribution < 1.29 is 4.79 Å². The molecule has 4 nitrogen and oxygen atoms in total. The molecule has 1 heterocycles. The van der Waals surface area contributed by atoms with Gasteiger partial charge in [-0.3, -0.25) is 4.79 Å². The maximum absolute atomic E-state index is 11.4. The van der Waals surface area contributed by atoms with E-state index in [0.29, 0.717) is 10.2 Å². The Morgan fingerprint density at radius 1 is 0.929 bits per heavy atom. The lowest BCUT2D eigenvalue weighted by Crippen LogP contribution is -2.43. The SMILES string of the molecule is CCCCC1=N[N+](C)(c2ccc(-c3ccccc3C=O)cc2)C(CCCC)=N1. The van der Waals surface area contributed by atoms with E-state index in [0.717, 1.165) is 73.3 Å². The van der Waals surface area contributed by atoms with Crippen LogP contribution in [0.25, 0.3) is 11.1 Å². The number of rotatable bonds is 9. The number of unbranched alkanes of at least 4 members (excludes halogenated alkanes) is 2. The molecule has 0 radical (unpaired) electrons. The molecule has 0 aromatic heterocycles. The van der Waals surface area contributed by atoms with Crippen molar-refractivity contribution in [3.8, 4) is 11.1 Å². The van der Waals surface area contributed by atoms with Crippen LogP contribution in [0.5, 0.6) is 0 Å². The van der Waals surface area contributed by atoms with Gasteiger partial charge in [-0.2, -0.15) is 4.99 Å². The van der Waals surface area contributed by atoms with Crippen LogP contribution in [0.1, 0.15) is 62.7 Å². The first-order valence-corrected chi connectivity index (χ1v) is 10.3. The van der Waals surface area contributed by atoms with E-state index in [4.69, 9.17) is 10.1 Å². The van der Waals surface area contributed by atoms with Crippen LogP contribution < -0.4 is 4.59 Å². The third-order valence-electron chi connectivity index (χ3n) is 5.35. The molecule has 0 spiro atoms. The summed E-state index contributed by atoms with van der Waals surface area (Å²) in [6, 6.07) is 16.1. The monoisotopic (exact) mass is 376 g/mol. The van der Waals surface area contributed by atoms with Gasteiger partial charge in [-0.15, -0.1) is 4.59 Å². The van der Waals surface area contributed by atoms with E-state index in [1.165, 1.54) is 0 Å². The molecule has 1 aliphatic rings. The lowest BCUT2D eigenvalue weighted by atomic mass is 10.00. The summed E-state index contributed by atoms with van der Waals surface area (Å²) in [5.41, 5.74) is 3.81. The topological polar surface area (TPSA) is 41.8 Å². The number of amidine groups is 2. The molecule has 4 heteroatoms. The van der Waals surface area contributed by atoms with Crippen molar-refractivity contribution in [1.82, 2.24) is 4.59 Å². The fourth-order valence-corrected chi connectivity index (χ4v) is 3.61. The number of hydrogen-bond acceptors (Lipinski definition) is 3. The highest BCUT2D eigenvalue weighted by Crippen LogP contribution is 2.32. The molecule has 2 aromatic carbocycles. The van der Waals surface area contributed by atoms with Gasteiger partial charge >= 0.3 is 0 Å². The number of carbonyl (C=O) groups excluding carboxylic acids is 1. The zero-order chi connectivity index (χ0) is 20.0. The quantitative estimate of drug-likeness (QED) is 0.379. The summed E-state index contributed by atoms with van der Waals surface area (Å²) in [5, 5.41) is 4.99. The molecule has 0 amide bonds. The number of benzene rings is 2. The zero-order valence-electron chi connectivity index (χ0n) is 17.2. The van der Waals surface area contributed by atoms with Gasteiger partial charge in [0.15, 0.2) is 17.8 Å². The summed E-state index contributed by atoms with van der Waals surface area (Å²) in [4.78, 5) is 16.3. The van der Waals surface area contributed by atoms with E-state index < -0.39 is 0 Å². The molecule has 0 N–H and O–H groups in total. The van der Waals surface area contributed by atoms with Crippen molar-refractivity contribution in [2.24, 2.45) is 10.1 Å². The predicted molar refractivity (Wildman–Crippen MR) is 119 cm³/mol. The van der Waals surface area contributed by atoms with Crippen LogP contribution in [-0.4, -0.2) is 25.0 Å². The van der Waals surface area contributed by atoms with Crippen LogP contribution in [0.4, 0.5) is 5.69 Å².